The molecule has 1 amide bonds. The van der Waals surface area contributed by atoms with Crippen LogP contribution in [0.1, 0.15) is 39.5 Å². The summed E-state index contributed by atoms with van der Waals surface area (Å²) in [6.45, 7) is 4.39. The fourth-order valence-electron chi connectivity index (χ4n) is 2.23. The normalized spacial score (nSPS) is 19.3. The van der Waals surface area contributed by atoms with Crippen molar-refractivity contribution in [2.45, 2.75) is 45.6 Å². The molecule has 1 aliphatic rings. The summed E-state index contributed by atoms with van der Waals surface area (Å²) in [6, 6.07) is 0.292. The van der Waals surface area contributed by atoms with Crippen LogP contribution >= 0.6 is 27.7 Å². The second kappa shape index (κ2) is 8.41. The number of amides is 1. The van der Waals surface area contributed by atoms with Crippen molar-refractivity contribution in [1.29, 1.82) is 0 Å². The summed E-state index contributed by atoms with van der Waals surface area (Å²) in [5.41, 5.74) is 0. The average molecular weight is 322 g/mol. The van der Waals surface area contributed by atoms with E-state index >= 15 is 0 Å². The van der Waals surface area contributed by atoms with Crippen LogP contribution in [-0.4, -0.2) is 28.8 Å². The first-order chi connectivity index (χ1) is 8.11. The molecule has 0 aromatic rings. The van der Waals surface area contributed by atoms with E-state index in [0.717, 1.165) is 18.2 Å². The minimum atomic E-state index is 0.243. The molecule has 1 atom stereocenters. The van der Waals surface area contributed by atoms with E-state index in [-0.39, 0.29) is 5.91 Å². The van der Waals surface area contributed by atoms with Crippen LogP contribution < -0.4 is 5.32 Å². The maximum Gasteiger partial charge on any atom is 0.220 e. The van der Waals surface area contributed by atoms with E-state index in [1.54, 1.807) is 0 Å². The van der Waals surface area contributed by atoms with E-state index < -0.39 is 0 Å². The van der Waals surface area contributed by atoms with Gasteiger partial charge in [-0.3, -0.25) is 4.79 Å². The minimum absolute atomic E-state index is 0.243. The average Bonchev–Trinajstić information content (AvgIpc) is 2.28. The zero-order valence-corrected chi connectivity index (χ0v) is 13.3. The Balaban J connectivity index is 2.26. The first-order valence-corrected chi connectivity index (χ1v) is 8.82. The number of carbonyl (C=O) groups is 1. The van der Waals surface area contributed by atoms with Gasteiger partial charge in [0, 0.05) is 17.8 Å². The molecule has 100 valence electrons. The van der Waals surface area contributed by atoms with Crippen LogP contribution in [-0.2, 0) is 4.79 Å². The van der Waals surface area contributed by atoms with Gasteiger partial charge in [-0.05, 0) is 42.6 Å². The Bertz CT molecular complexity index is 229. The number of halogens is 1. The lowest BCUT2D eigenvalue weighted by atomic mass is 9.98. The molecular formula is C13H24BrNOS. The number of carbonyl (C=O) groups excluding carboxylic acids is 1. The van der Waals surface area contributed by atoms with E-state index in [2.05, 4.69) is 35.1 Å². The number of nitrogens with one attached hydrogen (secondary N) is 1. The van der Waals surface area contributed by atoms with E-state index in [9.17, 15) is 4.79 Å². The lowest BCUT2D eigenvalue weighted by Crippen LogP contribution is -2.38. The molecular weight excluding hydrogens is 298 g/mol. The molecule has 1 fully saturated rings. The molecule has 0 aromatic carbocycles. The van der Waals surface area contributed by atoms with Crippen LogP contribution in [0, 0.1) is 11.8 Å². The molecule has 4 heteroatoms. The standard InChI is InChI=1S/C13H24BrNOS/c1-10(2)7-12(9-14)15-13(16)8-11-3-5-17-6-4-11/h10-12H,3-9H2,1-2H3,(H,15,16). The third-order valence-corrected chi connectivity index (χ3v) is 4.95. The highest BCUT2D eigenvalue weighted by atomic mass is 79.9. The topological polar surface area (TPSA) is 29.1 Å². The van der Waals surface area contributed by atoms with Gasteiger partial charge in [-0.1, -0.05) is 29.8 Å². The van der Waals surface area contributed by atoms with E-state index in [4.69, 9.17) is 0 Å². The third kappa shape index (κ3) is 6.70. The van der Waals surface area contributed by atoms with Crippen LogP contribution in [0.5, 0.6) is 0 Å². The van der Waals surface area contributed by atoms with Crippen molar-refractivity contribution >= 4 is 33.6 Å². The third-order valence-electron chi connectivity index (χ3n) is 3.12. The van der Waals surface area contributed by atoms with Gasteiger partial charge in [0.1, 0.15) is 0 Å². The Morgan fingerprint density at radius 3 is 2.59 bits per heavy atom. The van der Waals surface area contributed by atoms with Crippen molar-refractivity contribution in [2.75, 3.05) is 16.8 Å². The maximum absolute atomic E-state index is 11.9. The Morgan fingerprint density at radius 1 is 1.41 bits per heavy atom. The molecule has 1 unspecified atom stereocenters. The molecule has 1 rings (SSSR count). The number of thioether (sulfide) groups is 1. The van der Waals surface area contributed by atoms with Crippen molar-refractivity contribution in [1.82, 2.24) is 5.32 Å². The lowest BCUT2D eigenvalue weighted by Gasteiger charge is -2.23. The summed E-state index contributed by atoms with van der Waals surface area (Å²) < 4.78 is 0. The Hall–Kier alpha value is 0.300. The first kappa shape index (κ1) is 15.4. The summed E-state index contributed by atoms with van der Waals surface area (Å²) in [6.07, 6.45) is 4.20. The van der Waals surface area contributed by atoms with E-state index in [0.29, 0.717) is 17.9 Å². The molecule has 0 aromatic heterocycles. The Labute approximate surface area is 118 Å². The molecule has 0 aliphatic carbocycles. The summed E-state index contributed by atoms with van der Waals surface area (Å²) >= 11 is 5.49. The van der Waals surface area contributed by atoms with E-state index in [1.165, 1.54) is 24.3 Å². The first-order valence-electron chi connectivity index (χ1n) is 6.55. The summed E-state index contributed by atoms with van der Waals surface area (Å²) in [5, 5.41) is 4.01. The zero-order chi connectivity index (χ0) is 12.7. The second-order valence-corrected chi connectivity index (χ2v) is 7.18. The summed E-state index contributed by atoms with van der Waals surface area (Å²) in [5.74, 6) is 3.94. The van der Waals surface area contributed by atoms with Gasteiger partial charge in [-0.2, -0.15) is 11.8 Å². The highest BCUT2D eigenvalue weighted by Gasteiger charge is 2.19. The van der Waals surface area contributed by atoms with Crippen molar-refractivity contribution < 1.29 is 4.79 Å². The largest absolute Gasteiger partial charge is 0.353 e. The van der Waals surface area contributed by atoms with Crippen LogP contribution in [0.25, 0.3) is 0 Å². The molecule has 0 radical (unpaired) electrons. The number of alkyl halides is 1. The van der Waals surface area contributed by atoms with Gasteiger partial charge in [0.15, 0.2) is 0 Å². The molecule has 0 spiro atoms. The van der Waals surface area contributed by atoms with Gasteiger partial charge >= 0.3 is 0 Å². The molecule has 1 heterocycles. The van der Waals surface area contributed by atoms with Gasteiger partial charge in [-0.15, -0.1) is 0 Å². The van der Waals surface area contributed by atoms with Gasteiger partial charge < -0.3 is 5.32 Å². The Morgan fingerprint density at radius 2 is 2.06 bits per heavy atom. The van der Waals surface area contributed by atoms with Crippen molar-refractivity contribution in [3.8, 4) is 0 Å². The predicted molar refractivity (Wildman–Crippen MR) is 79.8 cm³/mol. The van der Waals surface area contributed by atoms with Crippen LogP contribution in [0.15, 0.2) is 0 Å². The smallest absolute Gasteiger partial charge is 0.220 e. The van der Waals surface area contributed by atoms with Crippen molar-refractivity contribution in [3.05, 3.63) is 0 Å². The molecule has 2 nitrogen and oxygen atoms in total. The van der Waals surface area contributed by atoms with Crippen LogP contribution in [0.2, 0.25) is 0 Å². The van der Waals surface area contributed by atoms with Crippen molar-refractivity contribution in [3.63, 3.8) is 0 Å². The SMILES string of the molecule is CC(C)CC(CBr)NC(=O)CC1CCSCC1. The fourth-order valence-corrected chi connectivity index (χ4v) is 3.86. The predicted octanol–water partition coefficient (Wildman–Crippen LogP) is 3.45. The molecule has 1 saturated heterocycles. The minimum Gasteiger partial charge on any atom is -0.353 e. The molecule has 17 heavy (non-hydrogen) atoms. The van der Waals surface area contributed by atoms with Crippen molar-refractivity contribution in [2.24, 2.45) is 11.8 Å². The van der Waals surface area contributed by atoms with E-state index in [1.807, 2.05) is 11.8 Å². The molecule has 0 bridgehead atoms. The fraction of sp³-hybridized carbons (Fsp3) is 0.923. The molecule has 1 aliphatic heterocycles. The quantitative estimate of drug-likeness (QED) is 0.759. The van der Waals surface area contributed by atoms with Crippen LogP contribution in [0.4, 0.5) is 0 Å². The zero-order valence-electron chi connectivity index (χ0n) is 10.9. The second-order valence-electron chi connectivity index (χ2n) is 5.31. The number of hydrogen-bond donors (Lipinski definition) is 1. The van der Waals surface area contributed by atoms with Gasteiger partial charge in [0.2, 0.25) is 5.91 Å². The number of hydrogen-bond acceptors (Lipinski definition) is 2. The van der Waals surface area contributed by atoms with Gasteiger partial charge in [0.05, 0.1) is 0 Å². The Kier molecular flexibility index (Phi) is 7.60. The van der Waals surface area contributed by atoms with Gasteiger partial charge in [-0.25, -0.2) is 0 Å². The highest BCUT2D eigenvalue weighted by molar-refractivity contribution is 9.09. The number of rotatable bonds is 6. The summed E-state index contributed by atoms with van der Waals surface area (Å²) in [7, 11) is 0. The monoisotopic (exact) mass is 321 g/mol. The van der Waals surface area contributed by atoms with Gasteiger partial charge in [0.25, 0.3) is 0 Å². The molecule has 0 saturated carbocycles. The maximum atomic E-state index is 11.9. The molecule has 1 N–H and O–H groups in total. The lowest BCUT2D eigenvalue weighted by molar-refractivity contribution is -0.122. The summed E-state index contributed by atoms with van der Waals surface area (Å²) in [4.78, 5) is 11.9. The highest BCUT2D eigenvalue weighted by Crippen LogP contribution is 2.25. The van der Waals surface area contributed by atoms with Crippen LogP contribution in [0.3, 0.4) is 0 Å².